The number of hydrogen-bond acceptors (Lipinski definition) is 1. The quantitative estimate of drug-likeness (QED) is 0.196. The largest absolute Gasteiger partial charge is 0.309 e. The van der Waals surface area contributed by atoms with E-state index in [1.807, 2.05) is 6.07 Å². The SMILES string of the molecule is C=C1C(c2ccccc2)=Nc2cc3c4c5ccccc5c5ccccc5c4n(-c4ccc(-c5ccccc5)cc4)c3cc21. The van der Waals surface area contributed by atoms with Crippen LogP contribution in [0.25, 0.3) is 65.7 Å². The fraction of sp³-hybridized carbons (Fsp3) is 0. The van der Waals surface area contributed by atoms with Crippen LogP contribution >= 0.6 is 0 Å². The molecular formula is C41H26N2. The Labute approximate surface area is 249 Å². The normalized spacial score (nSPS) is 12.8. The predicted molar refractivity (Wildman–Crippen MR) is 183 cm³/mol. The van der Waals surface area contributed by atoms with Gasteiger partial charge in [0.05, 0.1) is 22.4 Å². The molecule has 0 spiro atoms. The molecule has 0 saturated carbocycles. The molecule has 2 heteroatoms. The van der Waals surface area contributed by atoms with Crippen LogP contribution in [0.15, 0.2) is 157 Å². The van der Waals surface area contributed by atoms with Gasteiger partial charge in [0.15, 0.2) is 0 Å². The summed E-state index contributed by atoms with van der Waals surface area (Å²) in [6.45, 7) is 4.52. The van der Waals surface area contributed by atoms with Gasteiger partial charge in [0, 0.05) is 38.5 Å². The maximum Gasteiger partial charge on any atom is 0.0782 e. The van der Waals surface area contributed by atoms with Crippen LogP contribution in [0, 0.1) is 0 Å². The van der Waals surface area contributed by atoms with E-state index in [1.54, 1.807) is 0 Å². The van der Waals surface area contributed by atoms with Gasteiger partial charge in [-0.15, -0.1) is 0 Å². The first-order valence-electron chi connectivity index (χ1n) is 14.7. The van der Waals surface area contributed by atoms with Crippen LogP contribution in [0.4, 0.5) is 5.69 Å². The topological polar surface area (TPSA) is 17.3 Å². The predicted octanol–water partition coefficient (Wildman–Crippen LogP) is 10.9. The molecule has 0 fully saturated rings. The molecule has 200 valence electrons. The molecule has 43 heavy (non-hydrogen) atoms. The zero-order chi connectivity index (χ0) is 28.5. The molecule has 0 radical (unpaired) electrons. The highest BCUT2D eigenvalue weighted by molar-refractivity contribution is 6.37. The molecule has 1 aromatic heterocycles. The van der Waals surface area contributed by atoms with Gasteiger partial charge in [-0.1, -0.05) is 128 Å². The van der Waals surface area contributed by atoms with E-state index in [0.717, 1.165) is 39.3 Å². The number of benzene rings is 7. The molecule has 7 aromatic carbocycles. The first-order chi connectivity index (χ1) is 21.3. The van der Waals surface area contributed by atoms with Crippen molar-refractivity contribution >= 4 is 60.3 Å². The van der Waals surface area contributed by atoms with E-state index in [1.165, 1.54) is 49.0 Å². The summed E-state index contributed by atoms with van der Waals surface area (Å²) >= 11 is 0. The Morgan fingerprint density at radius 1 is 0.488 bits per heavy atom. The first kappa shape index (κ1) is 23.9. The first-order valence-corrected chi connectivity index (χ1v) is 14.7. The van der Waals surface area contributed by atoms with Crippen LogP contribution < -0.4 is 0 Å². The zero-order valence-electron chi connectivity index (χ0n) is 23.5. The van der Waals surface area contributed by atoms with E-state index in [2.05, 4.69) is 151 Å². The molecule has 0 saturated heterocycles. The smallest absolute Gasteiger partial charge is 0.0782 e. The maximum atomic E-state index is 5.14. The summed E-state index contributed by atoms with van der Waals surface area (Å²) < 4.78 is 2.45. The van der Waals surface area contributed by atoms with Gasteiger partial charge >= 0.3 is 0 Å². The van der Waals surface area contributed by atoms with E-state index in [4.69, 9.17) is 4.99 Å². The van der Waals surface area contributed by atoms with Crippen LogP contribution in [0.3, 0.4) is 0 Å². The average molecular weight is 547 g/mol. The lowest BCUT2D eigenvalue weighted by atomic mass is 9.95. The second kappa shape index (κ2) is 9.14. The number of fused-ring (bicyclic) bond motifs is 9. The summed E-state index contributed by atoms with van der Waals surface area (Å²) in [6.07, 6.45) is 0. The van der Waals surface area contributed by atoms with Crippen molar-refractivity contribution in [1.29, 1.82) is 0 Å². The van der Waals surface area contributed by atoms with Crippen molar-refractivity contribution in [1.82, 2.24) is 4.57 Å². The summed E-state index contributed by atoms with van der Waals surface area (Å²) in [5.74, 6) is 0. The van der Waals surface area contributed by atoms with E-state index in [9.17, 15) is 0 Å². The van der Waals surface area contributed by atoms with Gasteiger partial charge < -0.3 is 4.57 Å². The van der Waals surface area contributed by atoms with E-state index in [-0.39, 0.29) is 0 Å². The van der Waals surface area contributed by atoms with Crippen LogP contribution in [0.1, 0.15) is 11.1 Å². The van der Waals surface area contributed by atoms with Gasteiger partial charge in [-0.2, -0.15) is 0 Å². The Balaban J connectivity index is 1.39. The summed E-state index contributed by atoms with van der Waals surface area (Å²) in [4.78, 5) is 5.14. The van der Waals surface area contributed by atoms with Crippen LogP contribution in [0.2, 0.25) is 0 Å². The van der Waals surface area contributed by atoms with Crippen molar-refractivity contribution in [2.24, 2.45) is 4.99 Å². The van der Waals surface area contributed by atoms with Gasteiger partial charge in [-0.05, 0) is 51.6 Å². The summed E-state index contributed by atoms with van der Waals surface area (Å²) in [6, 6.07) is 52.1. The second-order valence-corrected chi connectivity index (χ2v) is 11.3. The molecule has 9 rings (SSSR count). The molecule has 0 unspecified atom stereocenters. The fourth-order valence-electron chi connectivity index (χ4n) is 6.90. The van der Waals surface area contributed by atoms with E-state index < -0.39 is 0 Å². The summed E-state index contributed by atoms with van der Waals surface area (Å²) in [5.41, 5.74) is 11.0. The number of aromatic nitrogens is 1. The van der Waals surface area contributed by atoms with E-state index >= 15 is 0 Å². The van der Waals surface area contributed by atoms with Gasteiger partial charge in [-0.25, -0.2) is 4.99 Å². The lowest BCUT2D eigenvalue weighted by molar-refractivity contribution is 1.19. The number of rotatable bonds is 3. The molecule has 0 N–H and O–H groups in total. The van der Waals surface area contributed by atoms with Gasteiger partial charge in [0.1, 0.15) is 0 Å². The Morgan fingerprint density at radius 2 is 1.05 bits per heavy atom. The molecule has 0 atom stereocenters. The number of nitrogens with zero attached hydrogens (tertiary/aromatic N) is 2. The number of hydrogen-bond donors (Lipinski definition) is 0. The molecular weight excluding hydrogens is 520 g/mol. The third-order valence-corrected chi connectivity index (χ3v) is 8.88. The molecule has 0 aliphatic carbocycles. The van der Waals surface area contributed by atoms with Gasteiger partial charge in [0.2, 0.25) is 0 Å². The van der Waals surface area contributed by atoms with Crippen LogP contribution in [-0.2, 0) is 0 Å². The molecule has 1 aliphatic heterocycles. The minimum Gasteiger partial charge on any atom is -0.309 e. The molecule has 8 aromatic rings. The molecule has 2 heterocycles. The van der Waals surface area contributed by atoms with E-state index in [0.29, 0.717) is 0 Å². The van der Waals surface area contributed by atoms with Crippen molar-refractivity contribution in [2.45, 2.75) is 0 Å². The molecule has 0 bridgehead atoms. The number of allylic oxidation sites excluding steroid dienone is 1. The second-order valence-electron chi connectivity index (χ2n) is 11.3. The van der Waals surface area contributed by atoms with Crippen LogP contribution in [0.5, 0.6) is 0 Å². The van der Waals surface area contributed by atoms with Crippen molar-refractivity contribution < 1.29 is 0 Å². The van der Waals surface area contributed by atoms with Gasteiger partial charge in [-0.3, -0.25) is 0 Å². The van der Waals surface area contributed by atoms with Crippen molar-refractivity contribution in [3.63, 3.8) is 0 Å². The highest BCUT2D eigenvalue weighted by Crippen LogP contribution is 2.46. The molecule has 0 amide bonds. The monoisotopic (exact) mass is 546 g/mol. The molecule has 1 aliphatic rings. The number of aliphatic imine (C=N–C) groups is 1. The standard InChI is InChI=1S/C41H26N2/c1-26-35-25-38-36(24-37(35)42-40(26)29-14-6-3-7-15-29)39-33-18-10-8-16-31(33)32-17-9-11-19-34(32)41(39)43(38)30-22-20-28(21-23-30)27-12-4-2-5-13-27/h2-25H,1H2. The lowest BCUT2D eigenvalue weighted by Crippen LogP contribution is -1.98. The highest BCUT2D eigenvalue weighted by atomic mass is 15.0. The summed E-state index contributed by atoms with van der Waals surface area (Å²) in [7, 11) is 0. The Morgan fingerprint density at radius 3 is 1.74 bits per heavy atom. The van der Waals surface area contributed by atoms with Crippen molar-refractivity contribution in [2.75, 3.05) is 0 Å². The fourth-order valence-corrected chi connectivity index (χ4v) is 6.90. The molecule has 2 nitrogen and oxygen atoms in total. The zero-order valence-corrected chi connectivity index (χ0v) is 23.5. The highest BCUT2D eigenvalue weighted by Gasteiger charge is 2.25. The third kappa shape index (κ3) is 3.50. The third-order valence-electron chi connectivity index (χ3n) is 8.88. The average Bonchev–Trinajstić information content (AvgIpc) is 3.59. The maximum absolute atomic E-state index is 5.14. The van der Waals surface area contributed by atoms with Gasteiger partial charge in [0.25, 0.3) is 0 Å². The summed E-state index contributed by atoms with van der Waals surface area (Å²) in [5, 5.41) is 7.48. The van der Waals surface area contributed by atoms with Crippen LogP contribution in [-0.4, -0.2) is 10.3 Å². The lowest BCUT2D eigenvalue weighted by Gasteiger charge is -2.13. The Bertz CT molecular complexity index is 2430. The Kier molecular flexibility index (Phi) is 5.08. The minimum absolute atomic E-state index is 0.946. The van der Waals surface area contributed by atoms with Crippen molar-refractivity contribution in [3.8, 4) is 16.8 Å². The Hall–Kier alpha value is -5.73. The van der Waals surface area contributed by atoms with Crippen molar-refractivity contribution in [3.05, 3.63) is 163 Å². The minimum atomic E-state index is 0.946.